The lowest BCUT2D eigenvalue weighted by Crippen LogP contribution is -1.97. The molecule has 3 aromatic heterocycles. The van der Waals surface area contributed by atoms with Crippen LogP contribution in [0.3, 0.4) is 0 Å². The number of hydrogen-bond acceptors (Lipinski definition) is 2. The first-order valence-corrected chi connectivity index (χ1v) is 14.8. The normalized spacial score (nSPS) is 11.6. The number of aromatic nitrogens is 4. The topological polar surface area (TPSA) is 35.1 Å². The van der Waals surface area contributed by atoms with E-state index in [4.69, 9.17) is 9.97 Å². The standard InChI is InChI=1S/C40H26N4/c1-2-10-31(11-3-1)43-37-17-9-6-14-34(37)42-40(43)30-24-20-28(21-25-30)27-18-22-29(23-19-27)39-32-12-4-7-15-35(32)44-36-16-8-5-13-33(36)41-26-38(39)44/h1-26H. The third kappa shape index (κ3) is 3.78. The van der Waals surface area contributed by atoms with Crippen LogP contribution in [-0.2, 0) is 0 Å². The van der Waals surface area contributed by atoms with Gasteiger partial charge in [-0.1, -0.05) is 109 Å². The van der Waals surface area contributed by atoms with Crippen LogP contribution < -0.4 is 0 Å². The zero-order valence-corrected chi connectivity index (χ0v) is 23.8. The molecule has 0 atom stereocenters. The molecule has 4 heteroatoms. The maximum Gasteiger partial charge on any atom is 0.145 e. The van der Waals surface area contributed by atoms with E-state index in [2.05, 4.69) is 142 Å². The number of para-hydroxylation sites is 6. The summed E-state index contributed by atoms with van der Waals surface area (Å²) in [5, 5.41) is 1.23. The molecule has 9 rings (SSSR count). The van der Waals surface area contributed by atoms with Gasteiger partial charge in [0.15, 0.2) is 0 Å². The fourth-order valence-electron chi connectivity index (χ4n) is 6.54. The Morgan fingerprint density at radius 2 is 0.977 bits per heavy atom. The number of imidazole rings is 1. The Morgan fingerprint density at radius 3 is 1.73 bits per heavy atom. The highest BCUT2D eigenvalue weighted by Crippen LogP contribution is 2.38. The van der Waals surface area contributed by atoms with Crippen molar-refractivity contribution in [3.63, 3.8) is 0 Å². The Labute approximate surface area is 254 Å². The molecule has 4 nitrogen and oxygen atoms in total. The molecular weight excluding hydrogens is 536 g/mol. The van der Waals surface area contributed by atoms with E-state index < -0.39 is 0 Å². The second-order valence-electron chi connectivity index (χ2n) is 11.1. The van der Waals surface area contributed by atoms with Gasteiger partial charge in [-0.05, 0) is 59.2 Å². The van der Waals surface area contributed by atoms with Gasteiger partial charge in [-0.15, -0.1) is 0 Å². The highest BCUT2D eigenvalue weighted by Gasteiger charge is 2.17. The Morgan fingerprint density at radius 1 is 0.409 bits per heavy atom. The molecule has 0 saturated carbocycles. The molecule has 0 N–H and O–H groups in total. The summed E-state index contributed by atoms with van der Waals surface area (Å²) in [4.78, 5) is 9.83. The van der Waals surface area contributed by atoms with Gasteiger partial charge >= 0.3 is 0 Å². The smallest absolute Gasteiger partial charge is 0.145 e. The third-order valence-corrected chi connectivity index (χ3v) is 8.59. The van der Waals surface area contributed by atoms with Crippen molar-refractivity contribution in [2.24, 2.45) is 0 Å². The monoisotopic (exact) mass is 562 g/mol. The predicted octanol–water partition coefficient (Wildman–Crippen LogP) is 9.98. The molecule has 3 heterocycles. The first kappa shape index (κ1) is 24.6. The minimum atomic E-state index is 0.938. The van der Waals surface area contributed by atoms with Gasteiger partial charge < -0.3 is 4.40 Å². The van der Waals surface area contributed by atoms with Crippen molar-refractivity contribution in [3.05, 3.63) is 158 Å². The molecule has 0 amide bonds. The first-order chi connectivity index (χ1) is 21.8. The molecule has 44 heavy (non-hydrogen) atoms. The average Bonchev–Trinajstić information content (AvgIpc) is 3.65. The summed E-state index contributed by atoms with van der Waals surface area (Å²) in [7, 11) is 0. The molecule has 0 unspecified atom stereocenters. The highest BCUT2D eigenvalue weighted by atomic mass is 15.1. The van der Waals surface area contributed by atoms with Gasteiger partial charge in [-0.2, -0.15) is 0 Å². The SMILES string of the molecule is c1ccc(-n2c(-c3ccc(-c4ccc(-c5c6ccccc6n6c5cnc5ccccc56)cc4)cc3)nc3ccccc32)cc1. The van der Waals surface area contributed by atoms with Crippen LogP contribution >= 0.6 is 0 Å². The Balaban J connectivity index is 1.11. The quantitative estimate of drug-likeness (QED) is 0.214. The minimum Gasteiger partial charge on any atom is -0.306 e. The van der Waals surface area contributed by atoms with E-state index in [1.165, 1.54) is 33.2 Å². The summed E-state index contributed by atoms with van der Waals surface area (Å²) in [5.41, 5.74) is 13.4. The fourth-order valence-corrected chi connectivity index (χ4v) is 6.54. The van der Waals surface area contributed by atoms with Gasteiger partial charge in [0, 0.05) is 22.2 Å². The summed E-state index contributed by atoms with van der Waals surface area (Å²) in [6, 6.07) is 53.3. The second-order valence-corrected chi connectivity index (χ2v) is 11.1. The van der Waals surface area contributed by atoms with Crippen molar-refractivity contribution in [1.82, 2.24) is 18.9 Å². The lowest BCUT2D eigenvalue weighted by molar-refractivity contribution is 1.10. The molecule has 0 spiro atoms. The van der Waals surface area contributed by atoms with Gasteiger partial charge in [-0.25, -0.2) is 4.98 Å². The molecule has 6 aromatic carbocycles. The molecule has 0 saturated heterocycles. The van der Waals surface area contributed by atoms with Crippen LogP contribution in [0.1, 0.15) is 0 Å². The van der Waals surface area contributed by atoms with E-state index in [-0.39, 0.29) is 0 Å². The van der Waals surface area contributed by atoms with Crippen LogP contribution in [0.25, 0.3) is 77.8 Å². The molecule has 0 fully saturated rings. The van der Waals surface area contributed by atoms with Gasteiger partial charge in [0.05, 0.1) is 39.3 Å². The van der Waals surface area contributed by atoms with Crippen molar-refractivity contribution in [3.8, 4) is 39.3 Å². The predicted molar refractivity (Wildman–Crippen MR) is 181 cm³/mol. The molecular formula is C40H26N4. The molecule has 0 aliphatic carbocycles. The summed E-state index contributed by atoms with van der Waals surface area (Å²) in [5.74, 6) is 0.938. The van der Waals surface area contributed by atoms with Crippen molar-refractivity contribution < 1.29 is 0 Å². The van der Waals surface area contributed by atoms with Crippen molar-refractivity contribution in [1.29, 1.82) is 0 Å². The maximum absolute atomic E-state index is 5.03. The van der Waals surface area contributed by atoms with Crippen molar-refractivity contribution in [2.45, 2.75) is 0 Å². The summed E-state index contributed by atoms with van der Waals surface area (Å²) in [6.07, 6.45) is 2.01. The van der Waals surface area contributed by atoms with E-state index >= 15 is 0 Å². The Hall–Kier alpha value is -6.00. The first-order valence-electron chi connectivity index (χ1n) is 14.8. The van der Waals surface area contributed by atoms with Crippen molar-refractivity contribution >= 4 is 38.5 Å². The lowest BCUT2D eigenvalue weighted by Gasteiger charge is -2.10. The van der Waals surface area contributed by atoms with Gasteiger partial charge in [0.25, 0.3) is 0 Å². The van der Waals surface area contributed by atoms with E-state index in [1.807, 2.05) is 24.4 Å². The minimum absolute atomic E-state index is 0.938. The largest absolute Gasteiger partial charge is 0.306 e. The third-order valence-electron chi connectivity index (χ3n) is 8.59. The molecule has 0 aliphatic heterocycles. The Bertz CT molecular complexity index is 2470. The van der Waals surface area contributed by atoms with E-state index in [0.29, 0.717) is 0 Å². The highest BCUT2D eigenvalue weighted by molar-refractivity contribution is 6.08. The van der Waals surface area contributed by atoms with E-state index in [0.717, 1.165) is 44.7 Å². The van der Waals surface area contributed by atoms with Crippen LogP contribution in [0.4, 0.5) is 0 Å². The maximum atomic E-state index is 5.03. The van der Waals surface area contributed by atoms with Gasteiger partial charge in [-0.3, -0.25) is 9.55 Å². The molecule has 0 bridgehead atoms. The molecule has 9 aromatic rings. The van der Waals surface area contributed by atoms with Crippen LogP contribution in [0.2, 0.25) is 0 Å². The van der Waals surface area contributed by atoms with Crippen LogP contribution in [0.15, 0.2) is 158 Å². The van der Waals surface area contributed by atoms with E-state index in [1.54, 1.807) is 0 Å². The van der Waals surface area contributed by atoms with Gasteiger partial charge in [0.2, 0.25) is 0 Å². The van der Waals surface area contributed by atoms with Crippen LogP contribution in [0.5, 0.6) is 0 Å². The summed E-state index contributed by atoms with van der Waals surface area (Å²) >= 11 is 0. The second kappa shape index (κ2) is 9.79. The zero-order valence-electron chi connectivity index (χ0n) is 23.8. The van der Waals surface area contributed by atoms with E-state index in [9.17, 15) is 0 Å². The number of rotatable bonds is 4. The number of nitrogens with zero attached hydrogens (tertiary/aromatic N) is 4. The lowest BCUT2D eigenvalue weighted by atomic mass is 9.98. The van der Waals surface area contributed by atoms with Gasteiger partial charge in [0.1, 0.15) is 5.82 Å². The Kier molecular flexibility index (Phi) is 5.47. The molecule has 206 valence electrons. The fraction of sp³-hybridized carbons (Fsp3) is 0. The average molecular weight is 563 g/mol. The number of benzene rings is 6. The zero-order chi connectivity index (χ0) is 29.0. The van der Waals surface area contributed by atoms with Crippen LogP contribution in [-0.4, -0.2) is 18.9 Å². The number of fused-ring (bicyclic) bond motifs is 6. The van der Waals surface area contributed by atoms with Crippen molar-refractivity contribution in [2.75, 3.05) is 0 Å². The molecule has 0 aliphatic rings. The van der Waals surface area contributed by atoms with Crippen LogP contribution in [0, 0.1) is 0 Å². The summed E-state index contributed by atoms with van der Waals surface area (Å²) in [6.45, 7) is 0. The summed E-state index contributed by atoms with van der Waals surface area (Å²) < 4.78 is 4.58. The number of hydrogen-bond donors (Lipinski definition) is 0. The molecule has 0 radical (unpaired) electrons.